The highest BCUT2D eigenvalue weighted by Crippen LogP contribution is 2.18. The van der Waals surface area contributed by atoms with Crippen LogP contribution in [0.2, 0.25) is 0 Å². The molecule has 1 amide bonds. The van der Waals surface area contributed by atoms with Gasteiger partial charge in [0.15, 0.2) is 0 Å². The number of thiazole rings is 1. The summed E-state index contributed by atoms with van der Waals surface area (Å²) in [5.74, 6) is 0.450. The zero-order chi connectivity index (χ0) is 14.5. The van der Waals surface area contributed by atoms with Gasteiger partial charge < -0.3 is 5.32 Å². The third kappa shape index (κ3) is 3.54. The van der Waals surface area contributed by atoms with E-state index in [4.69, 9.17) is 0 Å². The van der Waals surface area contributed by atoms with Crippen LogP contribution >= 0.6 is 11.3 Å². The maximum absolute atomic E-state index is 11.4. The number of hydrogen-bond donors (Lipinski definition) is 1. The van der Waals surface area contributed by atoms with Gasteiger partial charge in [0.05, 0.1) is 6.20 Å². The predicted molar refractivity (Wildman–Crippen MR) is 85.0 cm³/mol. The van der Waals surface area contributed by atoms with Crippen molar-refractivity contribution in [3.8, 4) is 0 Å². The molecule has 0 radical (unpaired) electrons. The first-order valence-electron chi connectivity index (χ1n) is 6.56. The largest absolute Gasteiger partial charge is 0.354 e. The van der Waals surface area contributed by atoms with Crippen LogP contribution in [0.4, 0.5) is 0 Å². The van der Waals surface area contributed by atoms with E-state index in [1.54, 1.807) is 13.2 Å². The highest BCUT2D eigenvalue weighted by atomic mass is 32.1. The SMILES string of the molecule is CNC(=O)c1cnc(/C=C/c2ccc(C(C)C)cc2)s1. The Labute approximate surface area is 123 Å². The summed E-state index contributed by atoms with van der Waals surface area (Å²) in [5, 5.41) is 3.42. The second-order valence-corrected chi connectivity index (χ2v) is 5.86. The maximum atomic E-state index is 11.4. The third-order valence-electron chi connectivity index (χ3n) is 3.00. The lowest BCUT2D eigenvalue weighted by Gasteiger charge is -2.04. The Kier molecular flexibility index (Phi) is 4.69. The Morgan fingerprint density at radius 2 is 1.95 bits per heavy atom. The fourth-order valence-corrected chi connectivity index (χ4v) is 2.52. The minimum Gasteiger partial charge on any atom is -0.354 e. The predicted octanol–water partition coefficient (Wildman–Crippen LogP) is 3.80. The second-order valence-electron chi connectivity index (χ2n) is 4.80. The van der Waals surface area contributed by atoms with E-state index in [0.29, 0.717) is 10.8 Å². The van der Waals surface area contributed by atoms with E-state index in [-0.39, 0.29) is 5.91 Å². The van der Waals surface area contributed by atoms with Crippen LogP contribution in [-0.4, -0.2) is 17.9 Å². The van der Waals surface area contributed by atoms with E-state index in [9.17, 15) is 4.79 Å². The number of benzene rings is 1. The molecule has 20 heavy (non-hydrogen) atoms. The standard InChI is InChI=1S/C16H18N2OS/c1-11(2)13-7-4-12(5-8-13)6-9-15-18-10-14(20-15)16(19)17-3/h4-11H,1-3H3,(H,17,19)/b9-6+. The van der Waals surface area contributed by atoms with E-state index in [1.165, 1.54) is 16.9 Å². The summed E-state index contributed by atoms with van der Waals surface area (Å²) in [6.07, 6.45) is 5.54. The van der Waals surface area contributed by atoms with E-state index in [1.807, 2.05) is 12.2 Å². The molecule has 1 heterocycles. The molecule has 1 aromatic carbocycles. The molecule has 0 fully saturated rings. The normalized spacial score (nSPS) is 11.2. The molecule has 0 unspecified atom stereocenters. The average Bonchev–Trinajstić information content (AvgIpc) is 2.93. The molecule has 2 rings (SSSR count). The zero-order valence-electron chi connectivity index (χ0n) is 11.9. The van der Waals surface area contributed by atoms with Crippen LogP contribution in [0.3, 0.4) is 0 Å². The smallest absolute Gasteiger partial charge is 0.262 e. The van der Waals surface area contributed by atoms with Crippen LogP contribution in [0.25, 0.3) is 12.2 Å². The monoisotopic (exact) mass is 286 g/mol. The fraction of sp³-hybridized carbons (Fsp3) is 0.250. The molecule has 104 valence electrons. The Bertz CT molecular complexity index is 612. The molecule has 0 bridgehead atoms. The Morgan fingerprint density at radius 1 is 1.25 bits per heavy atom. The molecule has 0 atom stereocenters. The summed E-state index contributed by atoms with van der Waals surface area (Å²) in [4.78, 5) is 16.3. The van der Waals surface area contributed by atoms with Crippen molar-refractivity contribution < 1.29 is 4.79 Å². The summed E-state index contributed by atoms with van der Waals surface area (Å²) in [6.45, 7) is 4.36. The number of rotatable bonds is 4. The number of carbonyl (C=O) groups is 1. The van der Waals surface area contributed by atoms with Gasteiger partial charge >= 0.3 is 0 Å². The van der Waals surface area contributed by atoms with Crippen molar-refractivity contribution in [1.82, 2.24) is 10.3 Å². The molecule has 1 aromatic heterocycles. The van der Waals surface area contributed by atoms with Crippen LogP contribution in [-0.2, 0) is 0 Å². The van der Waals surface area contributed by atoms with Crippen molar-refractivity contribution in [3.05, 3.63) is 51.5 Å². The van der Waals surface area contributed by atoms with E-state index in [2.05, 4.69) is 48.4 Å². The molecular weight excluding hydrogens is 268 g/mol. The number of nitrogens with one attached hydrogen (secondary N) is 1. The number of nitrogens with zero attached hydrogens (tertiary/aromatic N) is 1. The van der Waals surface area contributed by atoms with E-state index < -0.39 is 0 Å². The minimum atomic E-state index is -0.0940. The summed E-state index contributed by atoms with van der Waals surface area (Å²) >= 11 is 1.38. The van der Waals surface area contributed by atoms with E-state index in [0.717, 1.165) is 10.6 Å². The molecule has 0 spiro atoms. The van der Waals surface area contributed by atoms with Crippen molar-refractivity contribution in [3.63, 3.8) is 0 Å². The molecule has 0 aliphatic heterocycles. The summed E-state index contributed by atoms with van der Waals surface area (Å²) in [7, 11) is 1.62. The quantitative estimate of drug-likeness (QED) is 0.929. The van der Waals surface area contributed by atoms with Crippen LogP contribution in [0.15, 0.2) is 30.5 Å². The van der Waals surface area contributed by atoms with Crippen molar-refractivity contribution >= 4 is 29.4 Å². The fourth-order valence-electron chi connectivity index (χ4n) is 1.75. The van der Waals surface area contributed by atoms with Gasteiger partial charge in [0.25, 0.3) is 5.91 Å². The van der Waals surface area contributed by atoms with Gasteiger partial charge in [0, 0.05) is 7.05 Å². The molecule has 0 aliphatic carbocycles. The molecule has 0 aliphatic rings. The van der Waals surface area contributed by atoms with Gasteiger partial charge in [-0.05, 0) is 23.1 Å². The van der Waals surface area contributed by atoms with Gasteiger partial charge in [0.1, 0.15) is 9.88 Å². The molecule has 2 aromatic rings. The molecule has 0 saturated heterocycles. The lowest BCUT2D eigenvalue weighted by atomic mass is 10.0. The van der Waals surface area contributed by atoms with Gasteiger partial charge in [-0.3, -0.25) is 4.79 Å². The summed E-state index contributed by atoms with van der Waals surface area (Å²) in [6, 6.07) is 8.47. The topological polar surface area (TPSA) is 42.0 Å². The van der Waals surface area contributed by atoms with Crippen LogP contribution in [0.5, 0.6) is 0 Å². The zero-order valence-corrected chi connectivity index (χ0v) is 12.7. The summed E-state index contributed by atoms with van der Waals surface area (Å²) in [5.41, 5.74) is 2.46. The van der Waals surface area contributed by atoms with Gasteiger partial charge in [0.2, 0.25) is 0 Å². The van der Waals surface area contributed by atoms with Crippen LogP contribution in [0.1, 0.15) is 45.6 Å². The molecule has 0 saturated carbocycles. The first-order chi connectivity index (χ1) is 9.60. The number of amides is 1. The number of aromatic nitrogens is 1. The molecule has 1 N–H and O–H groups in total. The van der Waals surface area contributed by atoms with Crippen molar-refractivity contribution in [2.75, 3.05) is 7.05 Å². The Balaban J connectivity index is 2.09. The lowest BCUT2D eigenvalue weighted by molar-refractivity contribution is 0.0967. The molecular formula is C16H18N2OS. The van der Waals surface area contributed by atoms with Gasteiger partial charge in [-0.2, -0.15) is 0 Å². The van der Waals surface area contributed by atoms with Crippen LogP contribution < -0.4 is 5.32 Å². The third-order valence-corrected chi connectivity index (χ3v) is 3.96. The first-order valence-corrected chi connectivity index (χ1v) is 7.37. The summed E-state index contributed by atoms with van der Waals surface area (Å²) < 4.78 is 0. The average molecular weight is 286 g/mol. The van der Waals surface area contributed by atoms with Crippen molar-refractivity contribution in [2.24, 2.45) is 0 Å². The minimum absolute atomic E-state index is 0.0940. The van der Waals surface area contributed by atoms with Gasteiger partial charge in [-0.15, -0.1) is 11.3 Å². The number of hydrogen-bond acceptors (Lipinski definition) is 3. The van der Waals surface area contributed by atoms with Crippen LogP contribution in [0, 0.1) is 0 Å². The Morgan fingerprint density at radius 3 is 2.55 bits per heavy atom. The number of carbonyl (C=O) groups excluding carboxylic acids is 1. The maximum Gasteiger partial charge on any atom is 0.262 e. The second kappa shape index (κ2) is 6.48. The van der Waals surface area contributed by atoms with Gasteiger partial charge in [-0.25, -0.2) is 4.98 Å². The highest BCUT2D eigenvalue weighted by molar-refractivity contribution is 7.14. The van der Waals surface area contributed by atoms with Gasteiger partial charge in [-0.1, -0.05) is 44.2 Å². The lowest BCUT2D eigenvalue weighted by Crippen LogP contribution is -2.16. The first kappa shape index (κ1) is 14.5. The van der Waals surface area contributed by atoms with Crippen molar-refractivity contribution in [2.45, 2.75) is 19.8 Å². The van der Waals surface area contributed by atoms with Crippen molar-refractivity contribution in [1.29, 1.82) is 0 Å². The molecule has 3 nitrogen and oxygen atoms in total. The Hall–Kier alpha value is -1.94. The van der Waals surface area contributed by atoms with E-state index >= 15 is 0 Å². The molecule has 4 heteroatoms. The highest BCUT2D eigenvalue weighted by Gasteiger charge is 2.06.